The maximum atomic E-state index is 12.5. The van der Waals surface area contributed by atoms with Crippen molar-refractivity contribution in [3.8, 4) is 16.9 Å². The van der Waals surface area contributed by atoms with E-state index >= 15 is 0 Å². The van der Waals surface area contributed by atoms with Gasteiger partial charge in [0.05, 0.1) is 16.8 Å². The molecule has 4 heterocycles. The van der Waals surface area contributed by atoms with E-state index in [1.807, 2.05) is 31.2 Å². The van der Waals surface area contributed by atoms with Gasteiger partial charge >= 0.3 is 5.69 Å². The molecule has 35 heavy (non-hydrogen) atoms. The van der Waals surface area contributed by atoms with Gasteiger partial charge in [-0.05, 0) is 63.2 Å². The highest BCUT2D eigenvalue weighted by atomic mass is 35.5. The molecule has 3 aromatic heterocycles. The van der Waals surface area contributed by atoms with E-state index in [1.165, 1.54) is 32.7 Å². The van der Waals surface area contributed by atoms with Gasteiger partial charge < -0.3 is 14.2 Å². The van der Waals surface area contributed by atoms with Gasteiger partial charge in [0.1, 0.15) is 11.9 Å². The van der Waals surface area contributed by atoms with Crippen LogP contribution in [-0.2, 0) is 13.6 Å². The highest BCUT2D eigenvalue weighted by Gasteiger charge is 2.23. The number of nitrogens with zero attached hydrogens (tertiary/aromatic N) is 4. The van der Waals surface area contributed by atoms with Crippen LogP contribution in [0.4, 0.5) is 0 Å². The average Bonchev–Trinajstić information content (AvgIpc) is 3.24. The number of halogens is 1. The Morgan fingerprint density at radius 3 is 2.80 bits per heavy atom. The minimum absolute atomic E-state index is 0.116. The van der Waals surface area contributed by atoms with E-state index < -0.39 is 0 Å². The van der Waals surface area contributed by atoms with Crippen LogP contribution in [0.2, 0.25) is 5.02 Å². The van der Waals surface area contributed by atoms with E-state index in [0.29, 0.717) is 5.02 Å². The molecule has 0 bridgehead atoms. The van der Waals surface area contributed by atoms with Gasteiger partial charge in [0.25, 0.3) is 5.56 Å². The smallest absolute Gasteiger partial charge is 0.331 e. The van der Waals surface area contributed by atoms with Crippen molar-refractivity contribution in [2.75, 3.05) is 20.1 Å². The standard InChI is InChI=1S/C26H27ClN4O3S/c1-16-11-17(27)12-21(24(16)34-18-5-4-9-29(2)14-18)20-6-8-28-22-13-19(35-25(20)22)15-31-23(32)7-10-30(3)26(31)33/h6-8,10-13,18H,4-5,9,14-15H2,1-3H3. The number of benzene rings is 1. The van der Waals surface area contributed by atoms with Crippen LogP contribution in [0.3, 0.4) is 0 Å². The molecule has 1 unspecified atom stereocenters. The third-order valence-corrected chi connectivity index (χ3v) is 7.77. The molecule has 1 aromatic carbocycles. The van der Waals surface area contributed by atoms with E-state index in [4.69, 9.17) is 16.3 Å². The van der Waals surface area contributed by atoms with Gasteiger partial charge in [-0.15, -0.1) is 11.3 Å². The Morgan fingerprint density at radius 1 is 1.17 bits per heavy atom. The van der Waals surface area contributed by atoms with Crippen LogP contribution in [0.1, 0.15) is 23.3 Å². The summed E-state index contributed by atoms with van der Waals surface area (Å²) >= 11 is 8.03. The fraction of sp³-hybridized carbons (Fsp3) is 0.346. The van der Waals surface area contributed by atoms with E-state index in [9.17, 15) is 9.59 Å². The molecule has 0 radical (unpaired) electrons. The van der Waals surface area contributed by atoms with Gasteiger partial charge in [-0.3, -0.25) is 14.3 Å². The second-order valence-corrected chi connectivity index (χ2v) is 10.7. The third kappa shape index (κ3) is 4.78. The molecule has 1 fully saturated rings. The normalized spacial score (nSPS) is 16.6. The number of likely N-dealkylation sites (N-methyl/N-ethyl adjacent to an activating group) is 1. The monoisotopic (exact) mass is 510 g/mol. The number of fused-ring (bicyclic) bond motifs is 1. The molecule has 1 aliphatic heterocycles. The second-order valence-electron chi connectivity index (χ2n) is 9.16. The molecule has 9 heteroatoms. The first kappa shape index (κ1) is 23.8. The first-order valence-electron chi connectivity index (χ1n) is 11.6. The van der Waals surface area contributed by atoms with Gasteiger partial charge in [-0.1, -0.05) is 11.6 Å². The third-order valence-electron chi connectivity index (χ3n) is 6.41. The van der Waals surface area contributed by atoms with E-state index in [0.717, 1.165) is 63.5 Å². The quantitative estimate of drug-likeness (QED) is 0.400. The summed E-state index contributed by atoms with van der Waals surface area (Å²) in [5.41, 5.74) is 3.03. The maximum absolute atomic E-state index is 12.5. The largest absolute Gasteiger partial charge is 0.488 e. The number of thiophene rings is 1. The Morgan fingerprint density at radius 2 is 2.00 bits per heavy atom. The van der Waals surface area contributed by atoms with E-state index in [-0.39, 0.29) is 23.9 Å². The second kappa shape index (κ2) is 9.60. The summed E-state index contributed by atoms with van der Waals surface area (Å²) in [6.45, 7) is 4.19. The molecule has 7 nitrogen and oxygen atoms in total. The Hall–Kier alpha value is -2.94. The number of ether oxygens (including phenoxy) is 1. The zero-order valence-electron chi connectivity index (χ0n) is 20.0. The zero-order valence-corrected chi connectivity index (χ0v) is 21.5. The van der Waals surface area contributed by atoms with Gasteiger partial charge in [0.2, 0.25) is 0 Å². The molecule has 4 aromatic rings. The van der Waals surface area contributed by atoms with Crippen molar-refractivity contribution < 1.29 is 4.74 Å². The number of likely N-dealkylation sites (tertiary alicyclic amines) is 1. The van der Waals surface area contributed by atoms with Crippen molar-refractivity contribution in [2.45, 2.75) is 32.4 Å². The molecule has 1 saturated heterocycles. The molecule has 0 N–H and O–H groups in total. The molecular weight excluding hydrogens is 484 g/mol. The molecule has 0 spiro atoms. The lowest BCUT2D eigenvalue weighted by Crippen LogP contribution is -2.38. The summed E-state index contributed by atoms with van der Waals surface area (Å²) in [5.74, 6) is 0.838. The van der Waals surface area contributed by atoms with Crippen LogP contribution in [0.25, 0.3) is 21.3 Å². The summed E-state index contributed by atoms with van der Waals surface area (Å²) in [6, 6.07) is 9.20. The van der Waals surface area contributed by atoms with Crippen molar-refractivity contribution in [3.63, 3.8) is 0 Å². The van der Waals surface area contributed by atoms with Crippen molar-refractivity contribution >= 4 is 33.2 Å². The van der Waals surface area contributed by atoms with Crippen LogP contribution in [0.5, 0.6) is 5.75 Å². The predicted molar refractivity (Wildman–Crippen MR) is 141 cm³/mol. The van der Waals surface area contributed by atoms with Crippen LogP contribution in [0, 0.1) is 6.92 Å². The molecule has 182 valence electrons. The number of hydrogen-bond acceptors (Lipinski definition) is 6. The van der Waals surface area contributed by atoms with Crippen LogP contribution >= 0.6 is 22.9 Å². The van der Waals surface area contributed by atoms with Gasteiger partial charge in [-0.2, -0.15) is 0 Å². The number of pyridine rings is 1. The Balaban J connectivity index is 1.58. The van der Waals surface area contributed by atoms with E-state index in [1.54, 1.807) is 13.2 Å². The summed E-state index contributed by atoms with van der Waals surface area (Å²) in [4.78, 5) is 32.6. The number of hydrogen-bond donors (Lipinski definition) is 0. The Kier molecular flexibility index (Phi) is 6.53. The average molecular weight is 511 g/mol. The lowest BCUT2D eigenvalue weighted by Gasteiger charge is -2.31. The topological polar surface area (TPSA) is 69.4 Å². The maximum Gasteiger partial charge on any atom is 0.331 e. The summed E-state index contributed by atoms with van der Waals surface area (Å²) in [6.07, 6.45) is 5.50. The van der Waals surface area contributed by atoms with Gasteiger partial charge in [-0.25, -0.2) is 4.79 Å². The predicted octanol–water partition coefficient (Wildman–Crippen LogP) is 4.31. The van der Waals surface area contributed by atoms with Gasteiger partial charge in [0, 0.05) is 53.1 Å². The lowest BCUT2D eigenvalue weighted by atomic mass is 10.0. The minimum Gasteiger partial charge on any atom is -0.488 e. The minimum atomic E-state index is -0.346. The molecule has 0 saturated carbocycles. The zero-order chi connectivity index (χ0) is 24.7. The number of rotatable bonds is 5. The molecule has 1 atom stereocenters. The fourth-order valence-corrected chi connectivity index (χ4v) is 6.06. The van der Waals surface area contributed by atoms with Crippen molar-refractivity contribution in [1.82, 2.24) is 19.0 Å². The van der Waals surface area contributed by atoms with Gasteiger partial charge in [0.15, 0.2) is 0 Å². The number of aromatic nitrogens is 3. The summed E-state index contributed by atoms with van der Waals surface area (Å²) in [5, 5.41) is 0.645. The van der Waals surface area contributed by atoms with Crippen LogP contribution in [0.15, 0.2) is 52.3 Å². The molecular formula is C26H27ClN4O3S. The summed E-state index contributed by atoms with van der Waals surface area (Å²) < 4.78 is 10.2. The summed E-state index contributed by atoms with van der Waals surface area (Å²) in [7, 11) is 3.76. The molecule has 0 amide bonds. The van der Waals surface area contributed by atoms with Crippen molar-refractivity contribution in [1.29, 1.82) is 0 Å². The van der Waals surface area contributed by atoms with Crippen LogP contribution in [-0.4, -0.2) is 45.3 Å². The molecule has 0 aliphatic carbocycles. The number of aryl methyl sites for hydroxylation is 2. The SMILES string of the molecule is Cc1cc(Cl)cc(-c2ccnc3cc(Cn4c(=O)ccn(C)c4=O)sc23)c1OC1CCCN(C)C1. The Bertz CT molecular complexity index is 1520. The van der Waals surface area contributed by atoms with Crippen LogP contribution < -0.4 is 16.0 Å². The molecule has 1 aliphatic rings. The fourth-order valence-electron chi connectivity index (χ4n) is 4.66. The number of piperidine rings is 1. The van der Waals surface area contributed by atoms with Crippen molar-refractivity contribution in [3.05, 3.63) is 79.0 Å². The molecule has 5 rings (SSSR count). The Labute approximate surface area is 212 Å². The first-order chi connectivity index (χ1) is 16.8. The van der Waals surface area contributed by atoms with E-state index in [2.05, 4.69) is 16.9 Å². The lowest BCUT2D eigenvalue weighted by molar-refractivity contribution is 0.104. The first-order valence-corrected chi connectivity index (χ1v) is 12.8. The highest BCUT2D eigenvalue weighted by molar-refractivity contribution is 7.19. The highest BCUT2D eigenvalue weighted by Crippen LogP contribution is 2.42. The van der Waals surface area contributed by atoms with Crippen molar-refractivity contribution in [2.24, 2.45) is 7.05 Å².